The Balaban J connectivity index is 4.30. The first-order valence-corrected chi connectivity index (χ1v) is 6.05. The molecule has 0 bridgehead atoms. The fourth-order valence-corrected chi connectivity index (χ4v) is 1.57. The van der Waals surface area contributed by atoms with Gasteiger partial charge in [-0.2, -0.15) is 0 Å². The van der Waals surface area contributed by atoms with Crippen LogP contribution in [-0.2, 0) is 14.3 Å². The molecule has 0 aliphatic carbocycles. The molecule has 2 atom stereocenters. The molecule has 0 aromatic rings. The highest BCUT2D eigenvalue weighted by atomic mass is 16.5. The Morgan fingerprint density at radius 2 is 2.12 bits per heavy atom. The molecule has 1 N–H and O–H groups in total. The zero-order valence-electron chi connectivity index (χ0n) is 11.0. The van der Waals surface area contributed by atoms with Gasteiger partial charge < -0.3 is 10.1 Å². The third-order valence-electron chi connectivity index (χ3n) is 2.64. The van der Waals surface area contributed by atoms with E-state index in [9.17, 15) is 9.59 Å². The van der Waals surface area contributed by atoms with Gasteiger partial charge in [-0.15, -0.1) is 6.58 Å². The van der Waals surface area contributed by atoms with Crippen LogP contribution in [0.2, 0.25) is 0 Å². The second-order valence-electron chi connectivity index (χ2n) is 4.12. The molecular weight excluding hydrogens is 218 g/mol. The third-order valence-corrected chi connectivity index (χ3v) is 2.64. The summed E-state index contributed by atoms with van der Waals surface area (Å²) in [6.07, 6.45) is 5.25. The molecule has 17 heavy (non-hydrogen) atoms. The maximum atomic E-state index is 11.9. The molecular formula is C13H23NO3. The van der Waals surface area contributed by atoms with E-state index in [1.807, 2.05) is 0 Å². The number of methoxy groups -OCH3 is 1. The minimum atomic E-state index is -0.596. The zero-order valence-corrected chi connectivity index (χ0v) is 11.0. The molecule has 0 fully saturated rings. The van der Waals surface area contributed by atoms with Crippen LogP contribution < -0.4 is 5.32 Å². The summed E-state index contributed by atoms with van der Waals surface area (Å²) in [6, 6.07) is -0.596. The van der Waals surface area contributed by atoms with E-state index in [2.05, 4.69) is 23.6 Å². The number of carbonyl (C=O) groups is 2. The highest BCUT2D eigenvalue weighted by Gasteiger charge is 2.21. The van der Waals surface area contributed by atoms with Crippen LogP contribution in [0.25, 0.3) is 0 Å². The second-order valence-corrected chi connectivity index (χ2v) is 4.12. The maximum Gasteiger partial charge on any atom is 0.328 e. The number of amides is 1. The second kappa shape index (κ2) is 8.79. The number of carbonyl (C=O) groups excluding carboxylic acids is 2. The van der Waals surface area contributed by atoms with E-state index < -0.39 is 12.0 Å². The fraction of sp³-hybridized carbons (Fsp3) is 0.692. The monoisotopic (exact) mass is 241 g/mol. The quantitative estimate of drug-likeness (QED) is 0.522. The van der Waals surface area contributed by atoms with E-state index in [0.717, 1.165) is 19.3 Å². The molecule has 2 unspecified atom stereocenters. The summed E-state index contributed by atoms with van der Waals surface area (Å²) in [5.41, 5.74) is 0. The lowest BCUT2D eigenvalue weighted by atomic mass is 9.97. The van der Waals surface area contributed by atoms with Gasteiger partial charge in [0.1, 0.15) is 6.04 Å². The Hall–Kier alpha value is -1.32. The Labute approximate surface area is 103 Å². The van der Waals surface area contributed by atoms with E-state index in [0.29, 0.717) is 6.42 Å². The molecule has 4 heteroatoms. The molecule has 0 heterocycles. The summed E-state index contributed by atoms with van der Waals surface area (Å²) < 4.78 is 4.56. The zero-order chi connectivity index (χ0) is 13.3. The van der Waals surface area contributed by atoms with Crippen LogP contribution in [0.1, 0.15) is 39.5 Å². The summed E-state index contributed by atoms with van der Waals surface area (Å²) in [5, 5.41) is 2.66. The molecule has 0 aromatic carbocycles. The van der Waals surface area contributed by atoms with Crippen LogP contribution in [0.5, 0.6) is 0 Å². The first kappa shape index (κ1) is 15.7. The van der Waals surface area contributed by atoms with Gasteiger partial charge in [0.2, 0.25) is 5.91 Å². The van der Waals surface area contributed by atoms with Crippen molar-refractivity contribution >= 4 is 11.9 Å². The number of hydrogen-bond acceptors (Lipinski definition) is 3. The summed E-state index contributed by atoms with van der Waals surface area (Å²) in [4.78, 5) is 23.1. The lowest BCUT2D eigenvalue weighted by Crippen LogP contribution is -2.42. The number of ether oxygens (including phenoxy) is 1. The molecule has 0 aromatic heterocycles. The van der Waals surface area contributed by atoms with Crippen molar-refractivity contribution < 1.29 is 14.3 Å². The van der Waals surface area contributed by atoms with E-state index >= 15 is 0 Å². The van der Waals surface area contributed by atoms with Crippen molar-refractivity contribution in [3.8, 4) is 0 Å². The molecule has 0 saturated heterocycles. The van der Waals surface area contributed by atoms with Gasteiger partial charge in [-0.1, -0.05) is 25.8 Å². The van der Waals surface area contributed by atoms with Crippen LogP contribution in [-0.4, -0.2) is 25.0 Å². The Morgan fingerprint density at radius 3 is 2.59 bits per heavy atom. The van der Waals surface area contributed by atoms with E-state index in [-0.39, 0.29) is 11.8 Å². The van der Waals surface area contributed by atoms with Crippen LogP contribution in [0.3, 0.4) is 0 Å². The van der Waals surface area contributed by atoms with Crippen molar-refractivity contribution in [2.45, 2.75) is 45.6 Å². The summed E-state index contributed by atoms with van der Waals surface area (Å²) in [6.45, 7) is 7.35. The Morgan fingerprint density at radius 1 is 1.47 bits per heavy atom. The van der Waals surface area contributed by atoms with E-state index in [4.69, 9.17) is 0 Å². The summed E-state index contributed by atoms with van der Waals surface area (Å²) in [7, 11) is 1.31. The highest BCUT2D eigenvalue weighted by molar-refractivity contribution is 5.85. The number of hydrogen-bond donors (Lipinski definition) is 1. The average Bonchev–Trinajstić information content (AvgIpc) is 2.32. The van der Waals surface area contributed by atoms with Crippen molar-refractivity contribution in [1.82, 2.24) is 5.32 Å². The fourth-order valence-electron chi connectivity index (χ4n) is 1.57. The van der Waals surface area contributed by atoms with Gasteiger partial charge in [-0.05, 0) is 19.8 Å². The summed E-state index contributed by atoms with van der Waals surface area (Å²) in [5.74, 6) is -0.623. The lowest BCUT2D eigenvalue weighted by Gasteiger charge is -2.17. The van der Waals surface area contributed by atoms with Crippen LogP contribution in [0.4, 0.5) is 0 Å². The molecule has 0 rings (SSSR count). The third kappa shape index (κ3) is 6.09. The molecule has 98 valence electrons. The largest absolute Gasteiger partial charge is 0.467 e. The van der Waals surface area contributed by atoms with Gasteiger partial charge >= 0.3 is 5.97 Å². The van der Waals surface area contributed by atoms with Crippen molar-refractivity contribution in [2.75, 3.05) is 7.11 Å². The number of allylic oxidation sites excluding steroid dienone is 1. The summed E-state index contributed by atoms with van der Waals surface area (Å²) >= 11 is 0. The van der Waals surface area contributed by atoms with E-state index in [1.165, 1.54) is 7.11 Å². The van der Waals surface area contributed by atoms with Crippen molar-refractivity contribution in [2.24, 2.45) is 5.92 Å². The first-order valence-electron chi connectivity index (χ1n) is 6.05. The number of nitrogens with one attached hydrogen (secondary N) is 1. The number of unbranched alkanes of at least 4 members (excludes halogenated alkanes) is 1. The molecule has 0 aliphatic heterocycles. The maximum absolute atomic E-state index is 11.9. The normalized spacial score (nSPS) is 13.6. The minimum absolute atomic E-state index is 0.0976. The van der Waals surface area contributed by atoms with Crippen LogP contribution in [0.15, 0.2) is 12.7 Å². The molecule has 0 radical (unpaired) electrons. The average molecular weight is 241 g/mol. The van der Waals surface area contributed by atoms with Crippen molar-refractivity contribution in [3.05, 3.63) is 12.7 Å². The predicted octanol–water partition coefficient (Wildman–Crippen LogP) is 2.05. The highest BCUT2D eigenvalue weighted by Crippen LogP contribution is 2.13. The number of esters is 1. The van der Waals surface area contributed by atoms with E-state index in [1.54, 1.807) is 13.0 Å². The van der Waals surface area contributed by atoms with Crippen LogP contribution in [0, 0.1) is 5.92 Å². The minimum Gasteiger partial charge on any atom is -0.467 e. The van der Waals surface area contributed by atoms with Gasteiger partial charge in [0, 0.05) is 5.92 Å². The molecule has 1 amide bonds. The van der Waals surface area contributed by atoms with Crippen molar-refractivity contribution in [1.29, 1.82) is 0 Å². The van der Waals surface area contributed by atoms with Gasteiger partial charge in [0.15, 0.2) is 0 Å². The Kier molecular flexibility index (Phi) is 8.11. The van der Waals surface area contributed by atoms with Gasteiger partial charge in [0.25, 0.3) is 0 Å². The predicted molar refractivity (Wildman–Crippen MR) is 67.4 cm³/mol. The Bertz CT molecular complexity index is 263. The molecule has 0 aliphatic rings. The van der Waals surface area contributed by atoms with Gasteiger partial charge in [-0.25, -0.2) is 4.79 Å². The topological polar surface area (TPSA) is 55.4 Å². The van der Waals surface area contributed by atoms with Crippen LogP contribution >= 0.6 is 0 Å². The first-order chi connectivity index (χ1) is 8.06. The standard InChI is InChI=1S/C13H23NO3/c1-5-7-9-11(8-6-2)12(15)14-10(3)13(16)17-4/h6,10-11H,2,5,7-9H2,1,3-4H3,(H,14,15). The SMILES string of the molecule is C=CCC(CCCC)C(=O)NC(C)C(=O)OC. The van der Waals surface area contributed by atoms with Gasteiger partial charge in [-0.3, -0.25) is 4.79 Å². The van der Waals surface area contributed by atoms with Crippen molar-refractivity contribution in [3.63, 3.8) is 0 Å². The van der Waals surface area contributed by atoms with Gasteiger partial charge in [0.05, 0.1) is 7.11 Å². The smallest absolute Gasteiger partial charge is 0.328 e. The lowest BCUT2D eigenvalue weighted by molar-refractivity contribution is -0.145. The molecule has 0 saturated carbocycles. The number of rotatable bonds is 8. The molecule has 0 spiro atoms. The molecule has 4 nitrogen and oxygen atoms in total.